The molecule has 0 bridgehead atoms. The van der Waals surface area contributed by atoms with Gasteiger partial charge in [0.2, 0.25) is 0 Å². The molecule has 0 spiro atoms. The summed E-state index contributed by atoms with van der Waals surface area (Å²) in [4.78, 5) is 17.4. The zero-order valence-electron chi connectivity index (χ0n) is 15.0. The molecule has 1 aromatic heterocycles. The lowest BCUT2D eigenvalue weighted by Crippen LogP contribution is -2.33. The number of aromatic nitrogens is 2. The van der Waals surface area contributed by atoms with Crippen LogP contribution in [0.4, 0.5) is 0 Å². The Morgan fingerprint density at radius 1 is 1.12 bits per heavy atom. The van der Waals surface area contributed by atoms with Crippen LogP contribution in [0.1, 0.15) is 36.1 Å². The second-order valence-corrected chi connectivity index (χ2v) is 6.44. The van der Waals surface area contributed by atoms with Gasteiger partial charge in [0.05, 0.1) is 24.2 Å². The largest absolute Gasteiger partial charge is 0.497 e. The van der Waals surface area contributed by atoms with Gasteiger partial charge in [-0.15, -0.1) is 0 Å². The minimum atomic E-state index is -0.174. The Morgan fingerprint density at radius 3 is 2.40 bits per heavy atom. The van der Waals surface area contributed by atoms with Crippen molar-refractivity contribution in [3.05, 3.63) is 59.9 Å². The van der Waals surface area contributed by atoms with E-state index in [0.29, 0.717) is 5.56 Å². The van der Waals surface area contributed by atoms with Crippen LogP contribution in [0.5, 0.6) is 5.75 Å². The molecule has 5 heteroatoms. The van der Waals surface area contributed by atoms with Gasteiger partial charge < -0.3 is 14.6 Å². The van der Waals surface area contributed by atoms with E-state index in [2.05, 4.69) is 19.2 Å². The van der Waals surface area contributed by atoms with E-state index in [1.165, 1.54) is 0 Å². The minimum absolute atomic E-state index is 0.117. The Kier molecular flexibility index (Phi) is 4.74. The average Bonchev–Trinajstić information content (AvgIpc) is 2.96. The van der Waals surface area contributed by atoms with Gasteiger partial charge >= 0.3 is 0 Å². The van der Waals surface area contributed by atoms with Gasteiger partial charge in [0.15, 0.2) is 0 Å². The van der Waals surface area contributed by atoms with E-state index in [-0.39, 0.29) is 17.9 Å². The molecule has 0 radical (unpaired) electrons. The standard InChI is InChI=1S/C20H23N3O2/c1-13(2)18(19-21-16-7-5-6-8-17(16)23(19)3)22-20(24)14-9-11-15(25-4)12-10-14/h5-13,18H,1-4H3,(H,22,24)/t18-/m1/s1. The summed E-state index contributed by atoms with van der Waals surface area (Å²) in [7, 11) is 3.59. The molecule has 0 unspecified atom stereocenters. The molecule has 1 heterocycles. The first-order valence-corrected chi connectivity index (χ1v) is 8.37. The lowest BCUT2D eigenvalue weighted by Gasteiger charge is -2.22. The van der Waals surface area contributed by atoms with E-state index in [9.17, 15) is 4.79 Å². The van der Waals surface area contributed by atoms with Crippen molar-refractivity contribution in [3.8, 4) is 5.75 Å². The second-order valence-electron chi connectivity index (χ2n) is 6.44. The fraction of sp³-hybridized carbons (Fsp3) is 0.300. The predicted molar refractivity (Wildman–Crippen MR) is 98.8 cm³/mol. The van der Waals surface area contributed by atoms with Gasteiger partial charge in [-0.25, -0.2) is 4.98 Å². The smallest absolute Gasteiger partial charge is 0.251 e. The van der Waals surface area contributed by atoms with Crippen molar-refractivity contribution in [2.45, 2.75) is 19.9 Å². The number of para-hydroxylation sites is 2. The minimum Gasteiger partial charge on any atom is -0.497 e. The molecule has 1 atom stereocenters. The van der Waals surface area contributed by atoms with Gasteiger partial charge in [-0.1, -0.05) is 26.0 Å². The van der Waals surface area contributed by atoms with Gasteiger partial charge in [0.25, 0.3) is 5.91 Å². The van der Waals surface area contributed by atoms with Gasteiger partial charge in [-0.3, -0.25) is 4.79 Å². The maximum Gasteiger partial charge on any atom is 0.251 e. The number of ether oxygens (including phenoxy) is 1. The van der Waals surface area contributed by atoms with Crippen LogP contribution < -0.4 is 10.1 Å². The molecular weight excluding hydrogens is 314 g/mol. The fourth-order valence-electron chi connectivity index (χ4n) is 2.94. The van der Waals surface area contributed by atoms with Gasteiger partial charge in [0, 0.05) is 12.6 Å². The van der Waals surface area contributed by atoms with Gasteiger partial charge in [0.1, 0.15) is 11.6 Å². The SMILES string of the molecule is COc1ccc(C(=O)N[C@@H](c2nc3ccccc3n2C)C(C)C)cc1. The van der Waals surface area contributed by atoms with E-state index in [1.807, 2.05) is 35.9 Å². The number of amides is 1. The molecule has 0 aliphatic carbocycles. The number of aryl methyl sites for hydroxylation is 1. The molecule has 1 N–H and O–H groups in total. The fourth-order valence-corrected chi connectivity index (χ4v) is 2.94. The van der Waals surface area contributed by atoms with Crippen molar-refractivity contribution in [3.63, 3.8) is 0 Å². The van der Waals surface area contributed by atoms with E-state index >= 15 is 0 Å². The number of fused-ring (bicyclic) bond motifs is 1. The third-order valence-electron chi connectivity index (χ3n) is 4.41. The summed E-state index contributed by atoms with van der Waals surface area (Å²) in [5.41, 5.74) is 2.59. The summed E-state index contributed by atoms with van der Waals surface area (Å²) in [5.74, 6) is 1.68. The maximum absolute atomic E-state index is 12.7. The molecule has 0 aliphatic heterocycles. The second kappa shape index (κ2) is 6.97. The summed E-state index contributed by atoms with van der Waals surface area (Å²) in [6.45, 7) is 4.16. The molecule has 130 valence electrons. The highest BCUT2D eigenvalue weighted by Crippen LogP contribution is 2.25. The number of imidazole rings is 1. The van der Waals surface area contributed by atoms with Gasteiger partial charge in [-0.2, -0.15) is 0 Å². The molecule has 0 saturated heterocycles. The predicted octanol–water partition coefficient (Wildman–Crippen LogP) is 3.71. The molecule has 25 heavy (non-hydrogen) atoms. The molecule has 1 amide bonds. The summed E-state index contributed by atoms with van der Waals surface area (Å²) in [5, 5.41) is 3.13. The highest BCUT2D eigenvalue weighted by Gasteiger charge is 2.24. The Morgan fingerprint density at radius 2 is 1.80 bits per heavy atom. The zero-order valence-corrected chi connectivity index (χ0v) is 15.0. The van der Waals surface area contributed by atoms with Crippen molar-refractivity contribution in [1.29, 1.82) is 0 Å². The molecule has 3 rings (SSSR count). The number of hydrogen-bond acceptors (Lipinski definition) is 3. The third-order valence-corrected chi connectivity index (χ3v) is 4.41. The van der Waals surface area contributed by atoms with Crippen LogP contribution in [0.15, 0.2) is 48.5 Å². The normalized spacial score (nSPS) is 12.4. The lowest BCUT2D eigenvalue weighted by molar-refractivity contribution is 0.0922. The third kappa shape index (κ3) is 3.36. The number of rotatable bonds is 5. The molecule has 2 aromatic carbocycles. The first kappa shape index (κ1) is 17.0. The first-order chi connectivity index (χ1) is 12.0. The lowest BCUT2D eigenvalue weighted by atomic mass is 10.0. The molecule has 3 aromatic rings. The Bertz CT molecular complexity index is 882. The summed E-state index contributed by atoms with van der Waals surface area (Å²) in [6, 6.07) is 14.9. The topological polar surface area (TPSA) is 56.1 Å². The number of nitrogens with zero attached hydrogens (tertiary/aromatic N) is 2. The molecule has 5 nitrogen and oxygen atoms in total. The zero-order chi connectivity index (χ0) is 18.0. The van der Waals surface area contributed by atoms with Crippen molar-refractivity contribution in [2.75, 3.05) is 7.11 Å². The van der Waals surface area contributed by atoms with Crippen LogP contribution in [-0.2, 0) is 7.05 Å². The van der Waals surface area contributed by atoms with Crippen molar-refractivity contribution in [1.82, 2.24) is 14.9 Å². The van der Waals surface area contributed by atoms with Crippen LogP contribution in [0.3, 0.4) is 0 Å². The molecule has 0 saturated carbocycles. The van der Waals surface area contributed by atoms with Crippen LogP contribution >= 0.6 is 0 Å². The van der Waals surface area contributed by atoms with Crippen LogP contribution in [-0.4, -0.2) is 22.6 Å². The Hall–Kier alpha value is -2.82. The van der Waals surface area contributed by atoms with Crippen LogP contribution in [0.2, 0.25) is 0 Å². The van der Waals surface area contributed by atoms with E-state index in [4.69, 9.17) is 9.72 Å². The number of carbonyl (C=O) groups excluding carboxylic acids is 1. The quantitative estimate of drug-likeness (QED) is 0.772. The summed E-state index contributed by atoms with van der Waals surface area (Å²) >= 11 is 0. The number of nitrogens with one attached hydrogen (secondary N) is 1. The van der Waals surface area contributed by atoms with E-state index < -0.39 is 0 Å². The highest BCUT2D eigenvalue weighted by atomic mass is 16.5. The van der Waals surface area contributed by atoms with Gasteiger partial charge in [-0.05, 0) is 42.3 Å². The monoisotopic (exact) mass is 337 g/mol. The van der Waals surface area contributed by atoms with Crippen LogP contribution in [0.25, 0.3) is 11.0 Å². The molecule has 0 aliphatic rings. The van der Waals surface area contributed by atoms with Crippen molar-refractivity contribution < 1.29 is 9.53 Å². The van der Waals surface area contributed by atoms with Crippen LogP contribution in [0, 0.1) is 5.92 Å². The number of hydrogen-bond donors (Lipinski definition) is 1. The summed E-state index contributed by atoms with van der Waals surface area (Å²) < 4.78 is 7.19. The number of methoxy groups -OCH3 is 1. The molecule has 0 fully saturated rings. The maximum atomic E-state index is 12.7. The first-order valence-electron chi connectivity index (χ1n) is 8.37. The van der Waals surface area contributed by atoms with E-state index in [1.54, 1.807) is 31.4 Å². The summed E-state index contributed by atoms with van der Waals surface area (Å²) in [6.07, 6.45) is 0. The molecular formula is C20H23N3O2. The number of carbonyl (C=O) groups is 1. The average molecular weight is 337 g/mol. The Labute approximate surface area is 147 Å². The van der Waals surface area contributed by atoms with E-state index in [0.717, 1.165) is 22.6 Å². The van der Waals surface area contributed by atoms with Crippen molar-refractivity contribution >= 4 is 16.9 Å². The van der Waals surface area contributed by atoms with Crippen molar-refractivity contribution in [2.24, 2.45) is 13.0 Å². The Balaban J connectivity index is 1.90. The highest BCUT2D eigenvalue weighted by molar-refractivity contribution is 5.94. The number of benzene rings is 2.